The SMILES string of the molecule is C.CC.CCc1ccccn1.Cc1cccnc1. The van der Waals surface area contributed by atoms with E-state index in [1.54, 1.807) is 6.20 Å². The van der Waals surface area contributed by atoms with Crippen molar-refractivity contribution < 1.29 is 0 Å². The van der Waals surface area contributed by atoms with Crippen LogP contribution in [-0.4, -0.2) is 9.97 Å². The highest BCUT2D eigenvalue weighted by Crippen LogP contribution is 1.91. The van der Waals surface area contributed by atoms with Gasteiger partial charge in [-0.3, -0.25) is 9.97 Å². The van der Waals surface area contributed by atoms with Gasteiger partial charge in [-0.1, -0.05) is 40.3 Å². The summed E-state index contributed by atoms with van der Waals surface area (Å²) >= 11 is 0. The fourth-order valence-electron chi connectivity index (χ4n) is 1.06. The molecule has 100 valence electrons. The molecule has 2 heterocycles. The molecule has 0 spiro atoms. The molecular formula is C16H26N2. The van der Waals surface area contributed by atoms with Gasteiger partial charge in [0.2, 0.25) is 0 Å². The molecule has 2 nitrogen and oxygen atoms in total. The molecule has 0 amide bonds. The molecule has 0 N–H and O–H groups in total. The third-order valence-corrected chi connectivity index (χ3v) is 1.90. The molecule has 0 atom stereocenters. The molecule has 0 unspecified atom stereocenters. The van der Waals surface area contributed by atoms with E-state index >= 15 is 0 Å². The van der Waals surface area contributed by atoms with E-state index in [0.717, 1.165) is 12.1 Å². The van der Waals surface area contributed by atoms with Crippen LogP contribution in [0.2, 0.25) is 0 Å². The van der Waals surface area contributed by atoms with Gasteiger partial charge in [-0.15, -0.1) is 0 Å². The van der Waals surface area contributed by atoms with Gasteiger partial charge < -0.3 is 0 Å². The Hall–Kier alpha value is -1.70. The summed E-state index contributed by atoms with van der Waals surface area (Å²) < 4.78 is 0. The molecule has 0 bridgehead atoms. The monoisotopic (exact) mass is 246 g/mol. The Labute approximate surface area is 112 Å². The number of aryl methyl sites for hydroxylation is 2. The molecule has 0 saturated heterocycles. The third kappa shape index (κ3) is 9.52. The number of nitrogens with zero attached hydrogens (tertiary/aromatic N) is 2. The Balaban J connectivity index is 0. The molecule has 0 saturated carbocycles. The maximum atomic E-state index is 4.10. The van der Waals surface area contributed by atoms with E-state index in [9.17, 15) is 0 Å². The van der Waals surface area contributed by atoms with Crippen molar-refractivity contribution in [3.63, 3.8) is 0 Å². The molecule has 2 heteroatoms. The molecule has 0 fully saturated rings. The zero-order chi connectivity index (χ0) is 12.9. The minimum atomic E-state index is 0. The molecule has 0 aromatic carbocycles. The highest BCUT2D eigenvalue weighted by atomic mass is 14.7. The minimum Gasteiger partial charge on any atom is -0.264 e. The standard InChI is InChI=1S/C7H9N.C6H7N.C2H6.CH4/c1-2-7-5-3-4-6-8-7;1-6-3-2-4-7-5-6;1-2;/h3-6H,2H2,1H3;2-5H,1H3;1-2H3;1H4. The van der Waals surface area contributed by atoms with Crippen molar-refractivity contribution in [3.8, 4) is 0 Å². The minimum absolute atomic E-state index is 0. The Bertz CT molecular complexity index is 357. The van der Waals surface area contributed by atoms with E-state index in [-0.39, 0.29) is 7.43 Å². The Morgan fingerprint density at radius 2 is 1.72 bits per heavy atom. The molecule has 2 rings (SSSR count). The topological polar surface area (TPSA) is 25.8 Å². The van der Waals surface area contributed by atoms with Gasteiger partial charge in [0.15, 0.2) is 0 Å². The number of hydrogen-bond donors (Lipinski definition) is 0. The van der Waals surface area contributed by atoms with Crippen LogP contribution in [0.4, 0.5) is 0 Å². The Morgan fingerprint density at radius 3 is 2.00 bits per heavy atom. The summed E-state index contributed by atoms with van der Waals surface area (Å²) in [5.41, 5.74) is 2.37. The predicted octanol–water partition coefficient (Wildman–Crippen LogP) is 4.70. The molecule has 2 aromatic rings. The number of aromatic nitrogens is 2. The zero-order valence-electron chi connectivity index (χ0n) is 11.2. The highest BCUT2D eigenvalue weighted by Gasteiger charge is 1.81. The van der Waals surface area contributed by atoms with E-state index in [4.69, 9.17) is 0 Å². The van der Waals surface area contributed by atoms with Crippen LogP contribution in [0.25, 0.3) is 0 Å². The van der Waals surface area contributed by atoms with Gasteiger partial charge in [0.25, 0.3) is 0 Å². The lowest BCUT2D eigenvalue weighted by atomic mass is 10.3. The van der Waals surface area contributed by atoms with Crippen LogP contribution in [0.5, 0.6) is 0 Å². The van der Waals surface area contributed by atoms with Crippen LogP contribution in [0, 0.1) is 6.92 Å². The fraction of sp³-hybridized carbons (Fsp3) is 0.375. The lowest BCUT2D eigenvalue weighted by Gasteiger charge is -1.88. The molecule has 0 aliphatic rings. The van der Waals surface area contributed by atoms with E-state index in [0.29, 0.717) is 0 Å². The van der Waals surface area contributed by atoms with E-state index in [1.165, 1.54) is 5.56 Å². The van der Waals surface area contributed by atoms with Gasteiger partial charge in [-0.2, -0.15) is 0 Å². The van der Waals surface area contributed by atoms with Crippen LogP contribution in [-0.2, 0) is 6.42 Å². The maximum Gasteiger partial charge on any atom is 0.0400 e. The summed E-state index contributed by atoms with van der Waals surface area (Å²) in [6.45, 7) is 8.12. The number of hydrogen-bond acceptors (Lipinski definition) is 2. The van der Waals surface area contributed by atoms with E-state index in [2.05, 4.69) is 16.9 Å². The second-order valence-corrected chi connectivity index (χ2v) is 3.21. The van der Waals surface area contributed by atoms with Crippen molar-refractivity contribution in [2.75, 3.05) is 0 Å². The van der Waals surface area contributed by atoms with E-state index in [1.807, 2.05) is 63.5 Å². The van der Waals surface area contributed by atoms with Gasteiger partial charge in [0.05, 0.1) is 0 Å². The summed E-state index contributed by atoms with van der Waals surface area (Å²) in [5.74, 6) is 0. The lowest BCUT2D eigenvalue weighted by Crippen LogP contribution is -1.81. The van der Waals surface area contributed by atoms with Crippen LogP contribution in [0.1, 0.15) is 39.5 Å². The molecule has 18 heavy (non-hydrogen) atoms. The van der Waals surface area contributed by atoms with Gasteiger partial charge in [0.1, 0.15) is 0 Å². The summed E-state index contributed by atoms with van der Waals surface area (Å²) in [5, 5.41) is 0. The first-order valence-corrected chi connectivity index (χ1v) is 6.09. The van der Waals surface area contributed by atoms with Gasteiger partial charge in [0, 0.05) is 24.3 Å². The first kappa shape index (κ1) is 18.7. The van der Waals surface area contributed by atoms with Crippen LogP contribution in [0.3, 0.4) is 0 Å². The summed E-state index contributed by atoms with van der Waals surface area (Å²) in [4.78, 5) is 7.98. The van der Waals surface area contributed by atoms with E-state index < -0.39 is 0 Å². The Kier molecular flexibility index (Phi) is 13.9. The molecular weight excluding hydrogens is 220 g/mol. The number of pyridine rings is 2. The van der Waals surface area contributed by atoms with Crippen LogP contribution < -0.4 is 0 Å². The van der Waals surface area contributed by atoms with Crippen molar-refractivity contribution >= 4 is 0 Å². The van der Waals surface area contributed by atoms with Crippen molar-refractivity contribution in [3.05, 3.63) is 60.2 Å². The van der Waals surface area contributed by atoms with Gasteiger partial charge in [-0.25, -0.2) is 0 Å². The second-order valence-electron chi connectivity index (χ2n) is 3.21. The molecule has 0 aliphatic heterocycles. The van der Waals surface area contributed by atoms with Crippen molar-refractivity contribution in [1.29, 1.82) is 0 Å². The van der Waals surface area contributed by atoms with Crippen LogP contribution >= 0.6 is 0 Å². The second kappa shape index (κ2) is 13.4. The molecule has 0 aliphatic carbocycles. The third-order valence-electron chi connectivity index (χ3n) is 1.90. The molecule has 2 aromatic heterocycles. The van der Waals surface area contributed by atoms with Crippen LogP contribution in [0.15, 0.2) is 48.9 Å². The maximum absolute atomic E-state index is 4.10. The first-order chi connectivity index (χ1) is 8.33. The van der Waals surface area contributed by atoms with Gasteiger partial charge in [-0.05, 0) is 37.1 Å². The van der Waals surface area contributed by atoms with Crippen molar-refractivity contribution in [1.82, 2.24) is 9.97 Å². The quantitative estimate of drug-likeness (QED) is 0.729. The normalized spacial score (nSPS) is 7.78. The number of rotatable bonds is 1. The highest BCUT2D eigenvalue weighted by molar-refractivity contribution is 5.04. The molecule has 0 radical (unpaired) electrons. The summed E-state index contributed by atoms with van der Waals surface area (Å²) in [6.07, 6.45) is 6.45. The smallest absolute Gasteiger partial charge is 0.0400 e. The fourth-order valence-corrected chi connectivity index (χ4v) is 1.06. The largest absolute Gasteiger partial charge is 0.264 e. The lowest BCUT2D eigenvalue weighted by molar-refractivity contribution is 1.04. The Morgan fingerprint density at radius 1 is 1.00 bits per heavy atom. The average Bonchev–Trinajstić information content (AvgIpc) is 2.43. The van der Waals surface area contributed by atoms with Crippen molar-refractivity contribution in [2.45, 2.75) is 41.5 Å². The first-order valence-electron chi connectivity index (χ1n) is 6.09. The average molecular weight is 246 g/mol. The zero-order valence-corrected chi connectivity index (χ0v) is 11.2. The van der Waals surface area contributed by atoms with Crippen molar-refractivity contribution in [2.24, 2.45) is 0 Å². The summed E-state index contributed by atoms with van der Waals surface area (Å²) in [6, 6.07) is 9.91. The summed E-state index contributed by atoms with van der Waals surface area (Å²) in [7, 11) is 0. The van der Waals surface area contributed by atoms with Gasteiger partial charge >= 0.3 is 0 Å². The predicted molar refractivity (Wildman–Crippen MR) is 80.7 cm³/mol.